The van der Waals surface area contributed by atoms with E-state index >= 15 is 0 Å². The predicted molar refractivity (Wildman–Crippen MR) is 73.0 cm³/mol. The standard InChI is InChI=1S/C14H16N2O3/c1-9-7-13(16-8-10(9)15)19-14-11(17-2)5-4-6-12(14)18-3/h4-8H,15H2,1-3H3. The Balaban J connectivity index is 2.39. The molecule has 0 amide bonds. The van der Waals surface area contributed by atoms with Crippen LogP contribution in [-0.4, -0.2) is 19.2 Å². The predicted octanol–water partition coefficient (Wildman–Crippen LogP) is 2.78. The van der Waals surface area contributed by atoms with Crippen LogP contribution in [0.15, 0.2) is 30.5 Å². The van der Waals surface area contributed by atoms with Crippen LogP contribution in [-0.2, 0) is 0 Å². The summed E-state index contributed by atoms with van der Waals surface area (Å²) in [7, 11) is 3.15. The number of pyridine rings is 1. The molecule has 0 radical (unpaired) electrons. The molecule has 0 bridgehead atoms. The molecule has 100 valence electrons. The molecule has 2 rings (SSSR count). The second-order valence-electron chi connectivity index (χ2n) is 3.97. The van der Waals surface area contributed by atoms with Crippen molar-refractivity contribution in [1.29, 1.82) is 0 Å². The third kappa shape index (κ3) is 2.70. The van der Waals surface area contributed by atoms with Gasteiger partial charge >= 0.3 is 0 Å². The van der Waals surface area contributed by atoms with E-state index in [2.05, 4.69) is 4.98 Å². The minimum atomic E-state index is 0.439. The van der Waals surface area contributed by atoms with Gasteiger partial charge in [0.15, 0.2) is 11.5 Å². The molecular weight excluding hydrogens is 244 g/mol. The van der Waals surface area contributed by atoms with Gasteiger partial charge in [0.2, 0.25) is 11.6 Å². The fraction of sp³-hybridized carbons (Fsp3) is 0.214. The molecular formula is C14H16N2O3. The fourth-order valence-corrected chi connectivity index (χ4v) is 1.62. The van der Waals surface area contributed by atoms with Crippen LogP contribution in [0.4, 0.5) is 5.69 Å². The van der Waals surface area contributed by atoms with Gasteiger partial charge in [-0.2, -0.15) is 0 Å². The van der Waals surface area contributed by atoms with Crippen molar-refractivity contribution < 1.29 is 14.2 Å². The summed E-state index contributed by atoms with van der Waals surface area (Å²) in [6, 6.07) is 7.18. The summed E-state index contributed by atoms with van der Waals surface area (Å²) >= 11 is 0. The normalized spacial score (nSPS) is 10.1. The van der Waals surface area contributed by atoms with Crippen LogP contribution in [0.3, 0.4) is 0 Å². The molecule has 0 saturated carbocycles. The molecule has 0 fully saturated rings. The Morgan fingerprint density at radius 2 is 1.74 bits per heavy atom. The lowest BCUT2D eigenvalue weighted by molar-refractivity contribution is 0.342. The van der Waals surface area contributed by atoms with E-state index in [-0.39, 0.29) is 0 Å². The number of benzene rings is 1. The van der Waals surface area contributed by atoms with Gasteiger partial charge in [-0.1, -0.05) is 6.07 Å². The Bertz CT molecular complexity index is 563. The van der Waals surface area contributed by atoms with E-state index in [1.807, 2.05) is 13.0 Å². The van der Waals surface area contributed by atoms with Crippen molar-refractivity contribution in [2.75, 3.05) is 20.0 Å². The number of ether oxygens (including phenoxy) is 3. The monoisotopic (exact) mass is 260 g/mol. The molecule has 19 heavy (non-hydrogen) atoms. The van der Waals surface area contributed by atoms with Crippen molar-refractivity contribution in [2.45, 2.75) is 6.92 Å². The molecule has 0 unspecified atom stereocenters. The first-order valence-corrected chi connectivity index (χ1v) is 5.76. The number of nitrogen functional groups attached to an aromatic ring is 1. The first-order valence-electron chi connectivity index (χ1n) is 5.76. The van der Waals surface area contributed by atoms with Crippen LogP contribution in [0.1, 0.15) is 5.56 Å². The number of rotatable bonds is 4. The summed E-state index contributed by atoms with van der Waals surface area (Å²) < 4.78 is 16.3. The second kappa shape index (κ2) is 5.48. The maximum atomic E-state index is 5.74. The zero-order valence-corrected chi connectivity index (χ0v) is 11.1. The van der Waals surface area contributed by atoms with Gasteiger partial charge in [-0.3, -0.25) is 0 Å². The quantitative estimate of drug-likeness (QED) is 0.915. The molecule has 1 heterocycles. The number of hydrogen-bond acceptors (Lipinski definition) is 5. The Morgan fingerprint density at radius 1 is 1.11 bits per heavy atom. The second-order valence-corrected chi connectivity index (χ2v) is 3.97. The molecule has 2 N–H and O–H groups in total. The summed E-state index contributed by atoms with van der Waals surface area (Å²) in [5.74, 6) is 2.09. The summed E-state index contributed by atoms with van der Waals surface area (Å²) in [4.78, 5) is 4.13. The molecule has 1 aromatic carbocycles. The molecule has 0 spiro atoms. The van der Waals surface area contributed by atoms with E-state index in [4.69, 9.17) is 19.9 Å². The highest BCUT2D eigenvalue weighted by atomic mass is 16.5. The lowest BCUT2D eigenvalue weighted by Crippen LogP contribution is -1.97. The molecule has 0 aliphatic rings. The summed E-state index contributed by atoms with van der Waals surface area (Å²) in [6.45, 7) is 1.89. The molecule has 0 atom stereocenters. The third-order valence-electron chi connectivity index (χ3n) is 2.72. The SMILES string of the molecule is COc1cccc(OC)c1Oc1cc(C)c(N)cn1. The van der Waals surface area contributed by atoms with E-state index in [9.17, 15) is 0 Å². The topological polar surface area (TPSA) is 66.6 Å². The Kier molecular flexibility index (Phi) is 3.75. The highest BCUT2D eigenvalue weighted by molar-refractivity contribution is 5.53. The van der Waals surface area contributed by atoms with Crippen LogP contribution < -0.4 is 19.9 Å². The van der Waals surface area contributed by atoms with Gasteiger partial charge in [-0.05, 0) is 24.6 Å². The molecule has 2 aromatic rings. The van der Waals surface area contributed by atoms with Crippen LogP contribution in [0, 0.1) is 6.92 Å². The number of nitrogens with two attached hydrogens (primary N) is 1. The van der Waals surface area contributed by atoms with E-state index < -0.39 is 0 Å². The van der Waals surface area contributed by atoms with Gasteiger partial charge in [-0.25, -0.2) is 4.98 Å². The smallest absolute Gasteiger partial charge is 0.219 e. The Labute approximate surface area is 111 Å². The number of hydrogen-bond donors (Lipinski definition) is 1. The van der Waals surface area contributed by atoms with Gasteiger partial charge in [0.25, 0.3) is 0 Å². The van der Waals surface area contributed by atoms with Crippen LogP contribution in [0.2, 0.25) is 0 Å². The van der Waals surface area contributed by atoms with Crippen molar-refractivity contribution in [1.82, 2.24) is 4.98 Å². The number of para-hydroxylation sites is 1. The van der Waals surface area contributed by atoms with Crippen LogP contribution in [0.25, 0.3) is 0 Å². The molecule has 5 nitrogen and oxygen atoms in total. The fourth-order valence-electron chi connectivity index (χ4n) is 1.62. The van der Waals surface area contributed by atoms with Crippen molar-refractivity contribution in [3.63, 3.8) is 0 Å². The average molecular weight is 260 g/mol. The highest BCUT2D eigenvalue weighted by Gasteiger charge is 2.13. The molecule has 0 aliphatic carbocycles. The zero-order chi connectivity index (χ0) is 13.8. The molecule has 1 aromatic heterocycles. The lowest BCUT2D eigenvalue weighted by Gasteiger charge is -2.13. The van der Waals surface area contributed by atoms with E-state index in [1.165, 1.54) is 0 Å². The number of aromatic nitrogens is 1. The van der Waals surface area contributed by atoms with E-state index in [1.54, 1.807) is 38.6 Å². The van der Waals surface area contributed by atoms with Crippen LogP contribution in [0.5, 0.6) is 23.1 Å². The van der Waals surface area contributed by atoms with Crippen molar-refractivity contribution in [2.24, 2.45) is 0 Å². The minimum absolute atomic E-state index is 0.439. The number of nitrogens with zero attached hydrogens (tertiary/aromatic N) is 1. The highest BCUT2D eigenvalue weighted by Crippen LogP contribution is 2.39. The van der Waals surface area contributed by atoms with E-state index in [0.717, 1.165) is 5.56 Å². The summed E-state index contributed by atoms with van der Waals surface area (Å²) in [5, 5.41) is 0. The van der Waals surface area contributed by atoms with Crippen molar-refractivity contribution >= 4 is 5.69 Å². The van der Waals surface area contributed by atoms with Gasteiger partial charge in [0.1, 0.15) is 0 Å². The minimum Gasteiger partial charge on any atom is -0.493 e. The number of aryl methyl sites for hydroxylation is 1. The lowest BCUT2D eigenvalue weighted by atomic mass is 10.2. The zero-order valence-electron chi connectivity index (χ0n) is 11.1. The van der Waals surface area contributed by atoms with Gasteiger partial charge in [-0.15, -0.1) is 0 Å². The Hall–Kier alpha value is -2.43. The molecule has 0 aliphatic heterocycles. The van der Waals surface area contributed by atoms with Gasteiger partial charge < -0.3 is 19.9 Å². The average Bonchev–Trinajstić information content (AvgIpc) is 2.43. The third-order valence-corrected chi connectivity index (χ3v) is 2.72. The maximum Gasteiger partial charge on any atom is 0.219 e. The maximum absolute atomic E-state index is 5.74. The number of methoxy groups -OCH3 is 2. The molecule has 5 heteroatoms. The largest absolute Gasteiger partial charge is 0.493 e. The van der Waals surface area contributed by atoms with Crippen LogP contribution >= 0.6 is 0 Å². The Morgan fingerprint density at radius 3 is 2.26 bits per heavy atom. The summed E-state index contributed by atoms with van der Waals surface area (Å²) in [6.07, 6.45) is 1.56. The number of anilines is 1. The first-order chi connectivity index (χ1) is 9.15. The molecule has 0 saturated heterocycles. The van der Waals surface area contributed by atoms with Gasteiger partial charge in [0, 0.05) is 6.07 Å². The van der Waals surface area contributed by atoms with Crippen molar-refractivity contribution in [3.8, 4) is 23.1 Å². The van der Waals surface area contributed by atoms with E-state index in [0.29, 0.717) is 28.8 Å². The first kappa shape index (κ1) is 13.0. The van der Waals surface area contributed by atoms with Crippen molar-refractivity contribution in [3.05, 3.63) is 36.0 Å². The summed E-state index contributed by atoms with van der Waals surface area (Å²) in [5.41, 5.74) is 7.25. The van der Waals surface area contributed by atoms with Gasteiger partial charge in [0.05, 0.1) is 26.1 Å².